The van der Waals surface area contributed by atoms with E-state index in [2.05, 4.69) is 65.9 Å². The minimum atomic E-state index is 0.507. The minimum Gasteiger partial charge on any atom is -0.497 e. The predicted octanol–water partition coefficient (Wildman–Crippen LogP) is 4.90. The van der Waals surface area contributed by atoms with Crippen molar-refractivity contribution in [1.29, 1.82) is 0 Å². The van der Waals surface area contributed by atoms with E-state index in [1.807, 2.05) is 6.07 Å². The largest absolute Gasteiger partial charge is 0.497 e. The van der Waals surface area contributed by atoms with E-state index in [1.165, 1.54) is 22.9 Å². The zero-order valence-corrected chi connectivity index (χ0v) is 16.0. The van der Waals surface area contributed by atoms with Gasteiger partial charge >= 0.3 is 0 Å². The summed E-state index contributed by atoms with van der Waals surface area (Å²) in [5, 5.41) is 4.41. The Hall–Kier alpha value is -0.190. The quantitative estimate of drug-likeness (QED) is 0.629. The number of ether oxygens (including phenoxy) is 1. The second-order valence-electron chi connectivity index (χ2n) is 5.36. The van der Waals surface area contributed by atoms with Crippen LogP contribution in [0.25, 0.3) is 0 Å². The number of halogens is 1. The van der Waals surface area contributed by atoms with Crippen molar-refractivity contribution in [2.75, 3.05) is 19.4 Å². The van der Waals surface area contributed by atoms with Crippen LogP contribution in [0.15, 0.2) is 22.7 Å². The lowest BCUT2D eigenvalue weighted by atomic mass is 10.1. The highest BCUT2D eigenvalue weighted by Crippen LogP contribution is 2.25. The summed E-state index contributed by atoms with van der Waals surface area (Å²) in [5.41, 5.74) is 1.31. The molecule has 1 aromatic rings. The van der Waals surface area contributed by atoms with Crippen LogP contribution in [0.2, 0.25) is 0 Å². The molecule has 0 saturated carbocycles. The summed E-state index contributed by atoms with van der Waals surface area (Å²) in [6.07, 6.45) is 3.43. The number of hydrogen-bond donors (Lipinski definition) is 1. The Morgan fingerprint density at radius 1 is 1.33 bits per heavy atom. The summed E-state index contributed by atoms with van der Waals surface area (Å²) in [7, 11) is 1.72. The van der Waals surface area contributed by atoms with Gasteiger partial charge in [-0.15, -0.1) is 0 Å². The van der Waals surface area contributed by atoms with Crippen LogP contribution in [0.5, 0.6) is 5.75 Å². The average Bonchev–Trinajstić information content (AvgIpc) is 2.51. The molecule has 2 nitrogen and oxygen atoms in total. The van der Waals surface area contributed by atoms with Gasteiger partial charge in [-0.1, -0.05) is 36.7 Å². The molecular weight excluding hydrogens is 346 g/mol. The Kier molecular flexibility index (Phi) is 9.45. The second kappa shape index (κ2) is 10.5. The lowest BCUT2D eigenvalue weighted by Gasteiger charge is -2.21. The first kappa shape index (κ1) is 18.9. The van der Waals surface area contributed by atoms with Gasteiger partial charge in [0, 0.05) is 21.5 Å². The van der Waals surface area contributed by atoms with E-state index in [9.17, 15) is 0 Å². The summed E-state index contributed by atoms with van der Waals surface area (Å²) in [6.45, 7) is 7.86. The fourth-order valence-corrected chi connectivity index (χ4v) is 3.48. The monoisotopic (exact) mass is 373 g/mol. The molecule has 2 unspecified atom stereocenters. The third-order valence-corrected chi connectivity index (χ3v) is 5.83. The highest BCUT2D eigenvalue weighted by atomic mass is 79.9. The molecule has 0 amide bonds. The van der Waals surface area contributed by atoms with Crippen LogP contribution < -0.4 is 10.1 Å². The zero-order valence-electron chi connectivity index (χ0n) is 13.6. The van der Waals surface area contributed by atoms with E-state index >= 15 is 0 Å². The molecule has 1 aromatic carbocycles. The highest BCUT2D eigenvalue weighted by Gasteiger charge is 2.13. The van der Waals surface area contributed by atoms with Crippen molar-refractivity contribution in [3.63, 3.8) is 0 Å². The predicted molar refractivity (Wildman–Crippen MR) is 98.7 cm³/mol. The van der Waals surface area contributed by atoms with Gasteiger partial charge in [-0.05, 0) is 49.6 Å². The molecule has 0 radical (unpaired) electrons. The van der Waals surface area contributed by atoms with E-state index in [4.69, 9.17) is 4.74 Å². The van der Waals surface area contributed by atoms with Gasteiger partial charge in [-0.3, -0.25) is 0 Å². The van der Waals surface area contributed by atoms with Crippen molar-refractivity contribution < 1.29 is 4.74 Å². The number of hydrogen-bond acceptors (Lipinski definition) is 3. The molecule has 0 aliphatic carbocycles. The second-order valence-corrected chi connectivity index (χ2v) is 7.69. The van der Waals surface area contributed by atoms with Crippen molar-refractivity contribution in [3.05, 3.63) is 28.2 Å². The third-order valence-electron chi connectivity index (χ3n) is 3.56. The normalized spacial score (nSPS) is 14.0. The molecule has 120 valence electrons. The smallest absolute Gasteiger partial charge is 0.119 e. The molecule has 0 bridgehead atoms. The van der Waals surface area contributed by atoms with E-state index in [-0.39, 0.29) is 0 Å². The van der Waals surface area contributed by atoms with E-state index < -0.39 is 0 Å². The zero-order chi connectivity index (χ0) is 15.7. The first-order valence-electron chi connectivity index (χ1n) is 7.78. The van der Waals surface area contributed by atoms with Crippen LogP contribution >= 0.6 is 27.7 Å². The number of benzene rings is 1. The van der Waals surface area contributed by atoms with Gasteiger partial charge in [0.1, 0.15) is 5.75 Å². The maximum Gasteiger partial charge on any atom is 0.119 e. The van der Waals surface area contributed by atoms with Gasteiger partial charge in [-0.2, -0.15) is 11.8 Å². The fourth-order valence-electron chi connectivity index (χ4n) is 2.04. The van der Waals surface area contributed by atoms with Crippen molar-refractivity contribution in [2.45, 2.75) is 51.3 Å². The summed E-state index contributed by atoms with van der Waals surface area (Å²) >= 11 is 5.72. The maximum atomic E-state index is 5.34. The van der Waals surface area contributed by atoms with E-state index in [0.717, 1.165) is 29.7 Å². The number of methoxy groups -OCH3 is 1. The van der Waals surface area contributed by atoms with Crippen LogP contribution in [0.4, 0.5) is 0 Å². The SMILES string of the molecule is CCCNC(CSC(C)CC)Cc1cc(OC)ccc1Br. The number of rotatable bonds is 10. The Bertz CT molecular complexity index is 414. The lowest BCUT2D eigenvalue weighted by Crippen LogP contribution is -2.34. The van der Waals surface area contributed by atoms with E-state index in [1.54, 1.807) is 7.11 Å². The highest BCUT2D eigenvalue weighted by molar-refractivity contribution is 9.10. The summed E-state index contributed by atoms with van der Waals surface area (Å²) < 4.78 is 6.51. The van der Waals surface area contributed by atoms with Crippen LogP contribution in [0.1, 0.15) is 39.2 Å². The number of thioether (sulfide) groups is 1. The van der Waals surface area contributed by atoms with Crippen LogP contribution in [0, 0.1) is 0 Å². The first-order valence-corrected chi connectivity index (χ1v) is 9.62. The first-order chi connectivity index (χ1) is 10.1. The van der Waals surface area contributed by atoms with Gasteiger partial charge < -0.3 is 10.1 Å². The molecule has 0 fully saturated rings. The average molecular weight is 374 g/mol. The summed E-state index contributed by atoms with van der Waals surface area (Å²) in [4.78, 5) is 0. The molecule has 0 aromatic heterocycles. The molecule has 1 rings (SSSR count). The van der Waals surface area contributed by atoms with E-state index in [0.29, 0.717) is 6.04 Å². The van der Waals surface area contributed by atoms with Crippen molar-refractivity contribution in [1.82, 2.24) is 5.32 Å². The van der Waals surface area contributed by atoms with Gasteiger partial charge in [0.25, 0.3) is 0 Å². The van der Waals surface area contributed by atoms with Gasteiger partial charge in [0.05, 0.1) is 7.11 Å². The minimum absolute atomic E-state index is 0.507. The summed E-state index contributed by atoms with van der Waals surface area (Å²) in [6, 6.07) is 6.72. The Morgan fingerprint density at radius 3 is 2.71 bits per heavy atom. The van der Waals surface area contributed by atoms with Crippen LogP contribution in [-0.2, 0) is 6.42 Å². The maximum absolute atomic E-state index is 5.34. The fraction of sp³-hybridized carbons (Fsp3) is 0.647. The lowest BCUT2D eigenvalue weighted by molar-refractivity contribution is 0.413. The molecular formula is C17H28BrNOS. The Morgan fingerprint density at radius 2 is 2.10 bits per heavy atom. The molecule has 0 heterocycles. The van der Waals surface area contributed by atoms with Gasteiger partial charge in [-0.25, -0.2) is 0 Å². The van der Waals surface area contributed by atoms with Crippen molar-refractivity contribution >= 4 is 27.7 Å². The summed E-state index contributed by atoms with van der Waals surface area (Å²) in [5.74, 6) is 2.08. The molecule has 2 atom stereocenters. The molecule has 0 aliphatic heterocycles. The van der Waals surface area contributed by atoms with Gasteiger partial charge in [0.2, 0.25) is 0 Å². The third kappa shape index (κ3) is 7.07. The standard InChI is InChI=1S/C17H28BrNOS/c1-5-9-19-15(12-21-13(3)6-2)10-14-11-16(20-4)7-8-17(14)18/h7-8,11,13,15,19H,5-6,9-10,12H2,1-4H3. The van der Waals surface area contributed by atoms with Crippen molar-refractivity contribution in [2.24, 2.45) is 0 Å². The number of nitrogens with one attached hydrogen (secondary N) is 1. The van der Waals surface area contributed by atoms with Crippen LogP contribution in [0.3, 0.4) is 0 Å². The molecule has 0 saturated heterocycles. The Labute approximate surface area is 142 Å². The van der Waals surface area contributed by atoms with Crippen LogP contribution in [-0.4, -0.2) is 30.7 Å². The van der Waals surface area contributed by atoms with Crippen molar-refractivity contribution in [3.8, 4) is 5.75 Å². The Balaban J connectivity index is 2.70. The molecule has 0 spiro atoms. The topological polar surface area (TPSA) is 21.3 Å². The molecule has 4 heteroatoms. The molecule has 0 aliphatic rings. The molecule has 1 N–H and O–H groups in total. The van der Waals surface area contributed by atoms with Gasteiger partial charge in [0.15, 0.2) is 0 Å². The molecule has 21 heavy (non-hydrogen) atoms.